The Kier molecular flexibility index (Phi) is 6.79. The van der Waals surface area contributed by atoms with Crippen molar-refractivity contribution in [2.75, 3.05) is 19.0 Å². The first kappa shape index (κ1) is 21.0. The first-order valence-corrected chi connectivity index (χ1v) is 9.54. The molecule has 0 aliphatic carbocycles. The van der Waals surface area contributed by atoms with Crippen LogP contribution in [0, 0.1) is 0 Å². The SMILES string of the molecule is CCOc1cc(-c2noc(CCC(=O)Nc3ccc(C(C)=O)cc3)n2)ccc1OC. The third-order valence-corrected chi connectivity index (χ3v) is 4.33. The number of rotatable bonds is 9. The van der Waals surface area contributed by atoms with Crippen LogP contribution in [0.4, 0.5) is 5.69 Å². The third kappa shape index (κ3) is 5.22. The van der Waals surface area contributed by atoms with Crippen molar-refractivity contribution in [3.05, 3.63) is 53.9 Å². The summed E-state index contributed by atoms with van der Waals surface area (Å²) in [4.78, 5) is 27.8. The summed E-state index contributed by atoms with van der Waals surface area (Å²) in [6.07, 6.45) is 0.488. The van der Waals surface area contributed by atoms with E-state index in [0.29, 0.717) is 47.5 Å². The molecule has 8 nitrogen and oxygen atoms in total. The van der Waals surface area contributed by atoms with Crippen LogP contribution < -0.4 is 14.8 Å². The lowest BCUT2D eigenvalue weighted by Gasteiger charge is -2.09. The maximum atomic E-state index is 12.2. The molecule has 0 unspecified atom stereocenters. The minimum absolute atomic E-state index is 0.0229. The molecule has 8 heteroatoms. The van der Waals surface area contributed by atoms with Crippen LogP contribution in [-0.2, 0) is 11.2 Å². The Morgan fingerprint density at radius 3 is 2.53 bits per heavy atom. The number of nitrogens with zero attached hydrogens (tertiary/aromatic N) is 2. The normalized spacial score (nSPS) is 10.5. The molecule has 0 saturated heterocycles. The van der Waals surface area contributed by atoms with Crippen LogP contribution in [0.5, 0.6) is 11.5 Å². The molecule has 1 aromatic heterocycles. The van der Waals surface area contributed by atoms with E-state index in [9.17, 15) is 9.59 Å². The highest BCUT2D eigenvalue weighted by molar-refractivity contribution is 5.95. The number of benzene rings is 2. The predicted octanol–water partition coefficient (Wildman–Crippen LogP) is 3.92. The summed E-state index contributed by atoms with van der Waals surface area (Å²) in [7, 11) is 1.58. The first-order chi connectivity index (χ1) is 14.5. The summed E-state index contributed by atoms with van der Waals surface area (Å²) >= 11 is 0. The Morgan fingerprint density at radius 2 is 1.87 bits per heavy atom. The number of anilines is 1. The van der Waals surface area contributed by atoms with Crippen molar-refractivity contribution in [3.63, 3.8) is 0 Å². The summed E-state index contributed by atoms with van der Waals surface area (Å²) in [6, 6.07) is 12.1. The average Bonchev–Trinajstić information content (AvgIpc) is 3.22. The number of nitrogens with one attached hydrogen (secondary N) is 1. The molecule has 3 aromatic rings. The number of ether oxygens (including phenoxy) is 2. The van der Waals surface area contributed by atoms with Gasteiger partial charge in [-0.15, -0.1) is 0 Å². The molecule has 1 amide bonds. The number of methoxy groups -OCH3 is 1. The van der Waals surface area contributed by atoms with Gasteiger partial charge in [-0.25, -0.2) is 0 Å². The Hall–Kier alpha value is -3.68. The lowest BCUT2D eigenvalue weighted by atomic mass is 10.1. The van der Waals surface area contributed by atoms with Crippen molar-refractivity contribution in [1.82, 2.24) is 10.1 Å². The number of aromatic nitrogens is 2. The van der Waals surface area contributed by atoms with Gasteiger partial charge < -0.3 is 19.3 Å². The highest BCUT2D eigenvalue weighted by Crippen LogP contribution is 2.31. The first-order valence-electron chi connectivity index (χ1n) is 9.54. The second-order valence-electron chi connectivity index (χ2n) is 6.49. The second-order valence-corrected chi connectivity index (χ2v) is 6.49. The summed E-state index contributed by atoms with van der Waals surface area (Å²) in [5.41, 5.74) is 1.94. The third-order valence-electron chi connectivity index (χ3n) is 4.33. The van der Waals surface area contributed by atoms with E-state index in [2.05, 4.69) is 15.5 Å². The molecule has 0 atom stereocenters. The van der Waals surface area contributed by atoms with Gasteiger partial charge in [0.05, 0.1) is 13.7 Å². The van der Waals surface area contributed by atoms with Gasteiger partial charge in [-0.3, -0.25) is 9.59 Å². The molecular formula is C22H23N3O5. The van der Waals surface area contributed by atoms with Gasteiger partial charge in [0.2, 0.25) is 17.6 Å². The summed E-state index contributed by atoms with van der Waals surface area (Å²) < 4.78 is 16.1. The Morgan fingerprint density at radius 1 is 1.10 bits per heavy atom. The molecule has 2 aromatic carbocycles. The molecule has 0 aliphatic rings. The maximum Gasteiger partial charge on any atom is 0.227 e. The lowest BCUT2D eigenvalue weighted by molar-refractivity contribution is -0.116. The number of carbonyl (C=O) groups excluding carboxylic acids is 2. The number of ketones is 1. The Balaban J connectivity index is 1.59. The van der Waals surface area contributed by atoms with Gasteiger partial charge in [0, 0.05) is 29.7 Å². The number of amides is 1. The monoisotopic (exact) mass is 409 g/mol. The molecule has 1 N–H and O–H groups in total. The molecule has 0 bridgehead atoms. The largest absolute Gasteiger partial charge is 0.493 e. The van der Waals surface area contributed by atoms with Crippen molar-refractivity contribution < 1.29 is 23.6 Å². The molecule has 1 heterocycles. The van der Waals surface area contributed by atoms with Gasteiger partial charge in [0.1, 0.15) is 0 Å². The number of hydrogen-bond acceptors (Lipinski definition) is 7. The summed E-state index contributed by atoms with van der Waals surface area (Å²) in [5, 5.41) is 6.77. The molecular weight excluding hydrogens is 386 g/mol. The van der Waals surface area contributed by atoms with E-state index in [1.54, 1.807) is 43.5 Å². The van der Waals surface area contributed by atoms with Gasteiger partial charge in [-0.2, -0.15) is 4.98 Å². The van der Waals surface area contributed by atoms with Gasteiger partial charge in [-0.1, -0.05) is 5.16 Å². The molecule has 0 aliphatic heterocycles. The van der Waals surface area contributed by atoms with Gasteiger partial charge in [0.25, 0.3) is 0 Å². The molecule has 0 radical (unpaired) electrons. The van der Waals surface area contributed by atoms with Crippen molar-refractivity contribution in [1.29, 1.82) is 0 Å². The quantitative estimate of drug-likeness (QED) is 0.534. The maximum absolute atomic E-state index is 12.2. The van der Waals surface area contributed by atoms with Crippen molar-refractivity contribution >= 4 is 17.4 Å². The van der Waals surface area contributed by atoms with E-state index in [4.69, 9.17) is 14.0 Å². The molecule has 0 fully saturated rings. The zero-order chi connectivity index (χ0) is 21.5. The second kappa shape index (κ2) is 9.69. The summed E-state index contributed by atoms with van der Waals surface area (Å²) in [6.45, 7) is 3.89. The number of hydrogen-bond donors (Lipinski definition) is 1. The van der Waals surface area contributed by atoms with E-state index in [1.807, 2.05) is 13.0 Å². The number of aryl methyl sites for hydroxylation is 1. The van der Waals surface area contributed by atoms with Crippen LogP contribution in [0.25, 0.3) is 11.4 Å². The average molecular weight is 409 g/mol. The molecule has 0 saturated carbocycles. The minimum Gasteiger partial charge on any atom is -0.493 e. The standard InChI is InChI=1S/C22H23N3O5/c1-4-29-19-13-16(7-10-18(19)28-3)22-24-21(30-25-22)12-11-20(27)23-17-8-5-15(6-9-17)14(2)26/h5-10,13H,4,11-12H2,1-3H3,(H,23,27). The number of Topliss-reactive ketones (excluding diaryl/α,β-unsaturated/α-hetero) is 1. The van der Waals surface area contributed by atoms with Crippen LogP contribution in [0.3, 0.4) is 0 Å². The lowest BCUT2D eigenvalue weighted by Crippen LogP contribution is -2.12. The molecule has 0 spiro atoms. The van der Waals surface area contributed by atoms with E-state index in [-0.39, 0.29) is 18.1 Å². The molecule has 30 heavy (non-hydrogen) atoms. The zero-order valence-corrected chi connectivity index (χ0v) is 17.1. The van der Waals surface area contributed by atoms with Crippen LogP contribution in [0.2, 0.25) is 0 Å². The fraction of sp³-hybridized carbons (Fsp3) is 0.273. The highest BCUT2D eigenvalue weighted by Gasteiger charge is 2.14. The van der Waals surface area contributed by atoms with Crippen molar-refractivity contribution in [3.8, 4) is 22.9 Å². The van der Waals surface area contributed by atoms with E-state index in [1.165, 1.54) is 6.92 Å². The van der Waals surface area contributed by atoms with E-state index in [0.717, 1.165) is 5.56 Å². The predicted molar refractivity (Wildman–Crippen MR) is 111 cm³/mol. The van der Waals surface area contributed by atoms with Gasteiger partial charge >= 0.3 is 0 Å². The number of carbonyl (C=O) groups is 2. The smallest absolute Gasteiger partial charge is 0.227 e. The minimum atomic E-state index is -0.187. The zero-order valence-electron chi connectivity index (χ0n) is 17.1. The van der Waals surface area contributed by atoms with Gasteiger partial charge in [0.15, 0.2) is 17.3 Å². The van der Waals surface area contributed by atoms with Crippen LogP contribution >= 0.6 is 0 Å². The highest BCUT2D eigenvalue weighted by atomic mass is 16.5. The van der Waals surface area contributed by atoms with Crippen molar-refractivity contribution in [2.24, 2.45) is 0 Å². The topological polar surface area (TPSA) is 104 Å². The fourth-order valence-corrected chi connectivity index (χ4v) is 2.79. The summed E-state index contributed by atoms with van der Waals surface area (Å²) in [5.74, 6) is 1.78. The molecule has 3 rings (SSSR count). The van der Waals surface area contributed by atoms with Crippen LogP contribution in [0.15, 0.2) is 47.0 Å². The Labute approximate surface area is 174 Å². The van der Waals surface area contributed by atoms with Crippen LogP contribution in [0.1, 0.15) is 36.5 Å². The van der Waals surface area contributed by atoms with Crippen LogP contribution in [-0.4, -0.2) is 35.5 Å². The van der Waals surface area contributed by atoms with E-state index >= 15 is 0 Å². The van der Waals surface area contributed by atoms with Gasteiger partial charge in [-0.05, 0) is 56.3 Å². The molecule has 156 valence electrons. The Bertz CT molecular complexity index is 1030. The van der Waals surface area contributed by atoms with E-state index < -0.39 is 0 Å². The van der Waals surface area contributed by atoms with Crippen molar-refractivity contribution in [2.45, 2.75) is 26.7 Å². The fourth-order valence-electron chi connectivity index (χ4n) is 2.79.